The highest BCUT2D eigenvalue weighted by atomic mass is 16.5. The van der Waals surface area contributed by atoms with Gasteiger partial charge in [-0.2, -0.15) is 0 Å². The van der Waals surface area contributed by atoms with Gasteiger partial charge in [0.2, 0.25) is 0 Å². The second-order valence-corrected chi connectivity index (χ2v) is 4.28. The van der Waals surface area contributed by atoms with Crippen molar-refractivity contribution in [2.75, 3.05) is 19.5 Å². The number of rotatable bonds is 5. The monoisotopic (exact) mass is 223 g/mol. The Morgan fingerprint density at radius 3 is 2.50 bits per heavy atom. The van der Waals surface area contributed by atoms with Crippen molar-refractivity contribution in [3.05, 3.63) is 17.1 Å². The van der Waals surface area contributed by atoms with Crippen LogP contribution in [0.25, 0.3) is 0 Å². The predicted molar refractivity (Wildman–Crippen MR) is 65.5 cm³/mol. The lowest BCUT2D eigenvalue weighted by atomic mass is 10.0. The molecule has 0 aliphatic carbocycles. The fraction of sp³-hybridized carbons (Fsp3) is 0.667. The van der Waals surface area contributed by atoms with E-state index >= 15 is 0 Å². The van der Waals surface area contributed by atoms with E-state index in [2.05, 4.69) is 23.8 Å². The number of nitrogens with two attached hydrogens (primary N) is 1. The number of hydrogen-bond donors (Lipinski definition) is 1. The van der Waals surface area contributed by atoms with Crippen molar-refractivity contribution in [1.82, 2.24) is 9.97 Å². The first kappa shape index (κ1) is 12.9. The topological polar surface area (TPSA) is 61.0 Å². The van der Waals surface area contributed by atoms with Crippen molar-refractivity contribution in [2.24, 2.45) is 0 Å². The molecule has 1 aromatic rings. The molecule has 4 nitrogen and oxygen atoms in total. The van der Waals surface area contributed by atoms with E-state index < -0.39 is 0 Å². The molecule has 0 radical (unpaired) electrons. The van der Waals surface area contributed by atoms with Crippen LogP contribution in [0, 0.1) is 6.92 Å². The third-order valence-electron chi connectivity index (χ3n) is 2.54. The van der Waals surface area contributed by atoms with Crippen LogP contribution in [0.2, 0.25) is 0 Å². The Morgan fingerprint density at radius 2 is 2.00 bits per heavy atom. The van der Waals surface area contributed by atoms with Crippen molar-refractivity contribution in [1.29, 1.82) is 0 Å². The lowest BCUT2D eigenvalue weighted by Gasteiger charge is -2.13. The van der Waals surface area contributed by atoms with E-state index in [0.717, 1.165) is 36.5 Å². The van der Waals surface area contributed by atoms with Gasteiger partial charge in [0.15, 0.2) is 0 Å². The molecule has 4 heteroatoms. The van der Waals surface area contributed by atoms with Gasteiger partial charge >= 0.3 is 0 Å². The average Bonchev–Trinajstić information content (AvgIpc) is 2.16. The van der Waals surface area contributed by atoms with Gasteiger partial charge in [-0.25, -0.2) is 9.97 Å². The van der Waals surface area contributed by atoms with Crippen molar-refractivity contribution < 1.29 is 4.74 Å². The molecule has 1 heterocycles. The Morgan fingerprint density at radius 1 is 1.31 bits per heavy atom. The van der Waals surface area contributed by atoms with Crippen molar-refractivity contribution >= 4 is 5.82 Å². The molecule has 16 heavy (non-hydrogen) atoms. The predicted octanol–water partition coefficient (Wildman–Crippen LogP) is 2.07. The lowest BCUT2D eigenvalue weighted by Crippen LogP contribution is -2.09. The minimum Gasteiger partial charge on any atom is -0.385 e. The Kier molecular flexibility index (Phi) is 4.68. The van der Waals surface area contributed by atoms with E-state index in [9.17, 15) is 0 Å². The van der Waals surface area contributed by atoms with E-state index in [1.165, 1.54) is 0 Å². The van der Waals surface area contributed by atoms with E-state index in [1.807, 2.05) is 6.92 Å². The zero-order valence-electron chi connectivity index (χ0n) is 10.6. The van der Waals surface area contributed by atoms with Crippen molar-refractivity contribution in [2.45, 2.75) is 39.5 Å². The zero-order valence-corrected chi connectivity index (χ0v) is 10.6. The largest absolute Gasteiger partial charge is 0.385 e. The van der Waals surface area contributed by atoms with Crippen LogP contribution < -0.4 is 5.73 Å². The third kappa shape index (κ3) is 3.17. The molecular formula is C12H21N3O. The number of hydrogen-bond acceptors (Lipinski definition) is 4. The molecule has 0 fully saturated rings. The van der Waals surface area contributed by atoms with Gasteiger partial charge in [0.25, 0.3) is 0 Å². The molecule has 1 aromatic heterocycles. The Bertz CT molecular complexity index is 327. The minimum absolute atomic E-state index is 0.369. The number of nitrogens with zero attached hydrogens (tertiary/aromatic N) is 2. The van der Waals surface area contributed by atoms with E-state index in [0.29, 0.717) is 11.7 Å². The number of aryl methyl sites for hydroxylation is 2. The molecule has 90 valence electrons. The molecule has 0 bridgehead atoms. The lowest BCUT2D eigenvalue weighted by molar-refractivity contribution is 0.194. The fourth-order valence-corrected chi connectivity index (χ4v) is 1.86. The van der Waals surface area contributed by atoms with Gasteiger partial charge in [0.1, 0.15) is 11.6 Å². The molecule has 0 atom stereocenters. The molecule has 0 aliphatic heterocycles. The molecule has 0 spiro atoms. The molecule has 0 aromatic carbocycles. The highest BCUT2D eigenvalue weighted by Crippen LogP contribution is 2.22. The molecule has 0 saturated carbocycles. The maximum absolute atomic E-state index is 5.95. The van der Waals surface area contributed by atoms with Crippen molar-refractivity contribution in [3.8, 4) is 0 Å². The molecule has 2 N–H and O–H groups in total. The highest BCUT2D eigenvalue weighted by Gasteiger charge is 2.12. The van der Waals surface area contributed by atoms with Crippen LogP contribution in [0.4, 0.5) is 5.82 Å². The molecule has 0 aliphatic rings. The first-order valence-corrected chi connectivity index (χ1v) is 5.68. The summed E-state index contributed by atoms with van der Waals surface area (Å²) < 4.78 is 5.00. The number of ether oxygens (including phenoxy) is 1. The summed E-state index contributed by atoms with van der Waals surface area (Å²) in [5.41, 5.74) is 8.01. The first-order chi connectivity index (χ1) is 7.56. The van der Waals surface area contributed by atoms with Gasteiger partial charge in [-0.15, -0.1) is 0 Å². The summed E-state index contributed by atoms with van der Waals surface area (Å²) in [6, 6.07) is 0. The van der Waals surface area contributed by atoms with Crippen LogP contribution in [0.15, 0.2) is 0 Å². The second-order valence-electron chi connectivity index (χ2n) is 4.28. The van der Waals surface area contributed by atoms with Crippen LogP contribution in [0.5, 0.6) is 0 Å². The van der Waals surface area contributed by atoms with Crippen LogP contribution in [0.1, 0.15) is 43.3 Å². The summed E-state index contributed by atoms with van der Waals surface area (Å²) in [6.07, 6.45) is 1.74. The van der Waals surface area contributed by atoms with Gasteiger partial charge in [-0.3, -0.25) is 0 Å². The smallest absolute Gasteiger partial charge is 0.131 e. The van der Waals surface area contributed by atoms with E-state index in [-0.39, 0.29) is 0 Å². The summed E-state index contributed by atoms with van der Waals surface area (Å²) in [7, 11) is 1.70. The third-order valence-corrected chi connectivity index (χ3v) is 2.54. The van der Waals surface area contributed by atoms with Crippen LogP contribution >= 0.6 is 0 Å². The highest BCUT2D eigenvalue weighted by molar-refractivity contribution is 5.44. The van der Waals surface area contributed by atoms with E-state index in [1.54, 1.807) is 7.11 Å². The molecule has 0 unspecified atom stereocenters. The summed E-state index contributed by atoms with van der Waals surface area (Å²) in [5.74, 6) is 1.80. The molecule has 0 amide bonds. The van der Waals surface area contributed by atoms with Crippen molar-refractivity contribution in [3.63, 3.8) is 0 Å². The maximum Gasteiger partial charge on any atom is 0.131 e. The van der Waals surface area contributed by atoms with Gasteiger partial charge in [-0.05, 0) is 19.3 Å². The minimum atomic E-state index is 0.369. The summed E-state index contributed by atoms with van der Waals surface area (Å²) >= 11 is 0. The average molecular weight is 223 g/mol. The Balaban J connectivity index is 2.83. The number of nitrogen functional groups attached to an aromatic ring is 1. The SMILES string of the molecule is COCCCc1nc(C)c(C(C)C)c(N)n1. The fourth-order valence-electron chi connectivity index (χ4n) is 1.86. The van der Waals surface area contributed by atoms with Crippen LogP contribution in [-0.2, 0) is 11.2 Å². The molecule has 1 rings (SSSR count). The van der Waals surface area contributed by atoms with Crippen LogP contribution in [0.3, 0.4) is 0 Å². The number of methoxy groups -OCH3 is 1. The summed E-state index contributed by atoms with van der Waals surface area (Å²) in [4.78, 5) is 8.82. The van der Waals surface area contributed by atoms with Gasteiger partial charge in [0, 0.05) is 31.4 Å². The number of anilines is 1. The van der Waals surface area contributed by atoms with Gasteiger partial charge < -0.3 is 10.5 Å². The molecule has 0 saturated heterocycles. The first-order valence-electron chi connectivity index (χ1n) is 5.68. The van der Waals surface area contributed by atoms with Gasteiger partial charge in [-0.1, -0.05) is 13.8 Å². The van der Waals surface area contributed by atoms with Gasteiger partial charge in [0.05, 0.1) is 0 Å². The Hall–Kier alpha value is -1.16. The van der Waals surface area contributed by atoms with Crippen LogP contribution in [-0.4, -0.2) is 23.7 Å². The second kappa shape index (κ2) is 5.80. The summed E-state index contributed by atoms with van der Waals surface area (Å²) in [5, 5.41) is 0. The normalized spacial score (nSPS) is 11.1. The summed E-state index contributed by atoms with van der Waals surface area (Å²) in [6.45, 7) is 6.93. The molecular weight excluding hydrogens is 202 g/mol. The zero-order chi connectivity index (χ0) is 12.1. The quantitative estimate of drug-likeness (QED) is 0.776. The van der Waals surface area contributed by atoms with E-state index in [4.69, 9.17) is 10.5 Å². The Labute approximate surface area is 97.2 Å². The standard InChI is InChI=1S/C12H21N3O/c1-8(2)11-9(3)14-10(15-12(11)13)6-5-7-16-4/h8H,5-7H2,1-4H3,(H2,13,14,15). The maximum atomic E-state index is 5.95. The number of aromatic nitrogens is 2.